The molecule has 31 heavy (non-hydrogen) atoms. The van der Waals surface area contributed by atoms with E-state index in [1.165, 1.54) is 26.2 Å². The van der Waals surface area contributed by atoms with Gasteiger partial charge in [-0.2, -0.15) is 0 Å². The van der Waals surface area contributed by atoms with Crippen molar-refractivity contribution in [2.75, 3.05) is 39.6 Å². The lowest BCUT2D eigenvalue weighted by atomic mass is 9.92. The van der Waals surface area contributed by atoms with E-state index in [9.17, 15) is 30.3 Å². The lowest BCUT2D eigenvalue weighted by Crippen LogP contribution is -2.64. The van der Waals surface area contributed by atoms with E-state index in [1.807, 2.05) is 0 Å². The summed E-state index contributed by atoms with van der Waals surface area (Å²) in [5.41, 5.74) is -1.22. The Morgan fingerprint density at radius 3 is 2.19 bits per heavy atom. The van der Waals surface area contributed by atoms with Crippen LogP contribution in [0.2, 0.25) is 0 Å². The molecule has 1 aliphatic rings. The van der Waals surface area contributed by atoms with Crippen molar-refractivity contribution in [3.8, 4) is 0 Å². The van der Waals surface area contributed by atoms with Crippen LogP contribution in [0.4, 0.5) is 0 Å². The highest BCUT2D eigenvalue weighted by atomic mass is 16.7. The minimum atomic E-state index is -1.35. The molecule has 10 nitrogen and oxygen atoms in total. The predicted octanol–water partition coefficient (Wildman–Crippen LogP) is -0.705. The first-order valence-corrected chi connectivity index (χ1v) is 11.1. The molecule has 1 rings (SSSR count). The number of hydrogen-bond acceptors (Lipinski definition) is 9. The van der Waals surface area contributed by atoms with Crippen molar-refractivity contribution in [2.24, 2.45) is 5.41 Å². The second-order valence-corrected chi connectivity index (χ2v) is 8.38. The van der Waals surface area contributed by atoms with Crippen LogP contribution in [-0.2, 0) is 19.0 Å². The molecule has 1 aliphatic heterocycles. The number of ether oxygens (including phenoxy) is 3. The third kappa shape index (κ3) is 9.27. The summed E-state index contributed by atoms with van der Waals surface area (Å²) in [6.45, 7) is 2.06. The van der Waals surface area contributed by atoms with Gasteiger partial charge in [0.15, 0.2) is 6.29 Å². The fourth-order valence-corrected chi connectivity index (χ4v) is 3.36. The lowest BCUT2D eigenvalue weighted by Gasteiger charge is -2.42. The Balaban J connectivity index is 2.64. The van der Waals surface area contributed by atoms with Gasteiger partial charge in [-0.05, 0) is 6.42 Å². The Morgan fingerprint density at radius 2 is 1.61 bits per heavy atom. The van der Waals surface area contributed by atoms with Crippen molar-refractivity contribution in [3.05, 3.63) is 0 Å². The zero-order valence-corrected chi connectivity index (χ0v) is 18.7. The Kier molecular flexibility index (Phi) is 13.7. The third-order valence-electron chi connectivity index (χ3n) is 5.55. The van der Waals surface area contributed by atoms with Gasteiger partial charge in [0.1, 0.15) is 24.4 Å². The molecule has 1 fully saturated rings. The summed E-state index contributed by atoms with van der Waals surface area (Å²) in [6, 6.07) is -0.935. The second-order valence-electron chi connectivity index (χ2n) is 8.38. The van der Waals surface area contributed by atoms with Gasteiger partial charge in [0.05, 0.1) is 38.4 Å². The van der Waals surface area contributed by atoms with Gasteiger partial charge in [-0.15, -0.1) is 0 Å². The van der Waals surface area contributed by atoms with Gasteiger partial charge in [0.25, 0.3) is 0 Å². The molecule has 0 spiro atoms. The lowest BCUT2D eigenvalue weighted by molar-refractivity contribution is -0.274. The molecule has 0 saturated carbocycles. The molecule has 0 radical (unpaired) electrons. The minimum Gasteiger partial charge on any atom is -0.396 e. The van der Waals surface area contributed by atoms with E-state index < -0.39 is 55.9 Å². The molecule has 0 aromatic rings. The molecule has 10 heteroatoms. The van der Waals surface area contributed by atoms with Crippen LogP contribution in [0.3, 0.4) is 0 Å². The van der Waals surface area contributed by atoms with Crippen LogP contribution < -0.4 is 5.32 Å². The molecule has 0 aromatic heterocycles. The fourth-order valence-electron chi connectivity index (χ4n) is 3.36. The number of unbranched alkanes of at least 4 members (excludes halogenated alkanes) is 5. The van der Waals surface area contributed by atoms with E-state index in [0.29, 0.717) is 6.61 Å². The van der Waals surface area contributed by atoms with Crippen molar-refractivity contribution in [2.45, 2.75) is 83.0 Å². The first kappa shape index (κ1) is 28.2. The van der Waals surface area contributed by atoms with E-state index in [-0.39, 0.29) is 19.1 Å². The first-order chi connectivity index (χ1) is 14.8. The Bertz CT molecular complexity index is 481. The molecule has 0 aromatic carbocycles. The van der Waals surface area contributed by atoms with E-state index in [0.717, 1.165) is 19.3 Å². The molecule has 1 heterocycles. The molecule has 0 bridgehead atoms. The number of carbonyl (C=O) groups is 1. The average molecular weight is 452 g/mol. The quantitative estimate of drug-likeness (QED) is 0.167. The molecule has 5 atom stereocenters. The monoisotopic (exact) mass is 451 g/mol. The molecule has 0 unspecified atom stereocenters. The van der Waals surface area contributed by atoms with E-state index in [1.54, 1.807) is 0 Å². The standard InChI is InChI=1S/C21H41NO9/c1-3-4-5-6-7-8-9-30-20-17(22-15(2)26)19(28)18(27)16(31-20)10-29-14-21(11-23,12-24)13-25/h16-20,23-25,27-28H,3-14H2,1-2H3,(H,22,26)/t16-,17-,18-,19-,20-/m1/s1. The van der Waals surface area contributed by atoms with E-state index in [2.05, 4.69) is 12.2 Å². The molecule has 6 N–H and O–H groups in total. The van der Waals surface area contributed by atoms with Crippen molar-refractivity contribution in [3.63, 3.8) is 0 Å². The van der Waals surface area contributed by atoms with Gasteiger partial charge in [0.2, 0.25) is 5.91 Å². The summed E-state index contributed by atoms with van der Waals surface area (Å²) in [4.78, 5) is 11.5. The number of amides is 1. The molecular weight excluding hydrogens is 410 g/mol. The Morgan fingerprint density at radius 1 is 1.00 bits per heavy atom. The van der Waals surface area contributed by atoms with Crippen LogP contribution in [-0.4, -0.2) is 102 Å². The van der Waals surface area contributed by atoms with Crippen molar-refractivity contribution in [1.29, 1.82) is 0 Å². The van der Waals surface area contributed by atoms with Gasteiger partial charge >= 0.3 is 0 Å². The van der Waals surface area contributed by atoms with Crippen molar-refractivity contribution in [1.82, 2.24) is 5.32 Å². The topological polar surface area (TPSA) is 158 Å². The van der Waals surface area contributed by atoms with E-state index >= 15 is 0 Å². The Hall–Kier alpha value is -0.850. The van der Waals surface area contributed by atoms with Crippen LogP contribution >= 0.6 is 0 Å². The molecule has 184 valence electrons. The summed E-state index contributed by atoms with van der Waals surface area (Å²) in [7, 11) is 0. The first-order valence-electron chi connectivity index (χ1n) is 11.1. The second kappa shape index (κ2) is 15.1. The number of aliphatic hydroxyl groups is 5. The average Bonchev–Trinajstić information content (AvgIpc) is 2.76. The molecule has 1 amide bonds. The van der Waals surface area contributed by atoms with Crippen molar-refractivity contribution < 1.29 is 44.5 Å². The maximum atomic E-state index is 11.5. The summed E-state index contributed by atoms with van der Waals surface area (Å²) < 4.78 is 17.0. The van der Waals surface area contributed by atoms with Gasteiger partial charge in [-0.3, -0.25) is 4.79 Å². The largest absolute Gasteiger partial charge is 0.396 e. The maximum Gasteiger partial charge on any atom is 0.217 e. The maximum absolute atomic E-state index is 11.5. The van der Waals surface area contributed by atoms with Crippen LogP contribution in [0.5, 0.6) is 0 Å². The van der Waals surface area contributed by atoms with Gasteiger partial charge < -0.3 is 45.1 Å². The number of hydrogen-bond donors (Lipinski definition) is 6. The zero-order chi connectivity index (χ0) is 23.3. The summed E-state index contributed by atoms with van der Waals surface area (Å²) in [5, 5.41) is 51.6. The summed E-state index contributed by atoms with van der Waals surface area (Å²) in [5.74, 6) is -0.388. The highest BCUT2D eigenvalue weighted by Crippen LogP contribution is 2.24. The highest BCUT2D eigenvalue weighted by molar-refractivity contribution is 5.73. The van der Waals surface area contributed by atoms with E-state index in [4.69, 9.17) is 14.2 Å². The molecular formula is C21H41NO9. The number of aliphatic hydroxyl groups excluding tert-OH is 5. The van der Waals surface area contributed by atoms with Crippen LogP contribution in [0.25, 0.3) is 0 Å². The van der Waals surface area contributed by atoms with Crippen LogP contribution in [0.15, 0.2) is 0 Å². The van der Waals surface area contributed by atoms with Gasteiger partial charge in [-0.1, -0.05) is 39.0 Å². The minimum absolute atomic E-state index is 0.163. The van der Waals surface area contributed by atoms with Crippen LogP contribution in [0.1, 0.15) is 52.4 Å². The molecule has 0 aliphatic carbocycles. The van der Waals surface area contributed by atoms with Gasteiger partial charge in [0, 0.05) is 13.5 Å². The number of carbonyl (C=O) groups excluding carboxylic acids is 1. The molecule has 1 saturated heterocycles. The summed E-state index contributed by atoms with van der Waals surface area (Å²) >= 11 is 0. The zero-order valence-electron chi connectivity index (χ0n) is 18.7. The number of nitrogens with one attached hydrogen (secondary N) is 1. The van der Waals surface area contributed by atoms with Crippen LogP contribution in [0, 0.1) is 5.41 Å². The summed E-state index contributed by atoms with van der Waals surface area (Å²) in [6.07, 6.45) is 1.86. The van der Waals surface area contributed by atoms with Crippen molar-refractivity contribution >= 4 is 5.91 Å². The Labute approximate surface area is 184 Å². The fraction of sp³-hybridized carbons (Fsp3) is 0.952. The third-order valence-corrected chi connectivity index (χ3v) is 5.55. The smallest absolute Gasteiger partial charge is 0.217 e. The highest BCUT2D eigenvalue weighted by Gasteiger charge is 2.45. The normalized spacial score (nSPS) is 26.7. The SMILES string of the molecule is CCCCCCCCO[C@@H]1O[C@H](COCC(CO)(CO)CO)[C@@H](O)[C@H](O)[C@H]1NC(C)=O. The number of rotatable bonds is 16. The van der Waals surface area contributed by atoms with Gasteiger partial charge in [-0.25, -0.2) is 0 Å². The predicted molar refractivity (Wildman–Crippen MR) is 112 cm³/mol.